The lowest BCUT2D eigenvalue weighted by atomic mass is 9.91. The highest BCUT2D eigenvalue weighted by Gasteiger charge is 2.22. The molecule has 1 aromatic heterocycles. The third kappa shape index (κ3) is 3.38. The predicted molar refractivity (Wildman–Crippen MR) is 151 cm³/mol. The van der Waals surface area contributed by atoms with Gasteiger partial charge in [-0.15, -0.1) is 11.3 Å². The summed E-state index contributed by atoms with van der Waals surface area (Å²) in [6.45, 7) is 0. The van der Waals surface area contributed by atoms with Crippen molar-refractivity contribution in [2.24, 2.45) is 0 Å². The van der Waals surface area contributed by atoms with Crippen LogP contribution in [0.3, 0.4) is 0 Å². The molecule has 0 unspecified atom stereocenters. The molecule has 0 spiro atoms. The molecule has 0 amide bonds. The maximum Gasteiger partial charge on any atom is 0.0424 e. The second kappa shape index (κ2) is 8.27. The van der Waals surface area contributed by atoms with E-state index >= 15 is 0 Å². The number of rotatable bonds is 3. The van der Waals surface area contributed by atoms with Crippen LogP contribution in [0.2, 0.25) is 0 Å². The zero-order valence-electron chi connectivity index (χ0n) is 19.2. The molecule has 1 heteroatoms. The largest absolute Gasteiger partial charge is 0.134 e. The molecule has 0 fully saturated rings. The molecule has 5 aromatic carbocycles. The Morgan fingerprint density at radius 3 is 2.46 bits per heavy atom. The van der Waals surface area contributed by atoms with Crippen LogP contribution in [0.1, 0.15) is 17.5 Å². The van der Waals surface area contributed by atoms with E-state index in [-0.39, 0.29) is 0 Å². The third-order valence-electron chi connectivity index (χ3n) is 6.99. The number of benzene rings is 4. The van der Waals surface area contributed by atoms with Crippen molar-refractivity contribution in [2.45, 2.75) is 12.8 Å². The molecule has 0 saturated heterocycles. The van der Waals surface area contributed by atoms with E-state index < -0.39 is 0 Å². The number of fused-ring (bicyclic) bond motifs is 4. The van der Waals surface area contributed by atoms with E-state index in [1.807, 2.05) is 17.4 Å². The Morgan fingerprint density at radius 1 is 0.686 bits per heavy atom. The Balaban J connectivity index is 1.47. The van der Waals surface area contributed by atoms with Crippen molar-refractivity contribution in [1.29, 1.82) is 0 Å². The van der Waals surface area contributed by atoms with Gasteiger partial charge < -0.3 is 0 Å². The number of hydrogen-bond donors (Lipinski definition) is 0. The first-order chi connectivity index (χ1) is 17.4. The zero-order chi connectivity index (χ0) is 23.2. The van der Waals surface area contributed by atoms with E-state index in [0.717, 1.165) is 18.2 Å². The zero-order valence-corrected chi connectivity index (χ0v) is 20.0. The number of hydrogen-bond acceptors (Lipinski definition) is 1. The molecule has 1 aliphatic carbocycles. The van der Waals surface area contributed by atoms with Crippen molar-refractivity contribution in [1.82, 2.24) is 0 Å². The number of allylic oxidation sites excluding steroid dienone is 1. The van der Waals surface area contributed by atoms with Gasteiger partial charge in [0, 0.05) is 26.1 Å². The highest BCUT2D eigenvalue weighted by atomic mass is 32.1. The van der Waals surface area contributed by atoms with Gasteiger partial charge >= 0.3 is 0 Å². The van der Waals surface area contributed by atoms with Crippen LogP contribution in [-0.4, -0.2) is 0 Å². The van der Waals surface area contributed by atoms with E-state index in [1.54, 1.807) is 0 Å². The average molecular weight is 463 g/mol. The molecule has 6 aromatic rings. The highest BCUT2D eigenvalue weighted by Crippen LogP contribution is 2.47. The third-order valence-corrected chi connectivity index (χ3v) is 8.32. The fourth-order valence-corrected chi connectivity index (χ4v) is 6.70. The van der Waals surface area contributed by atoms with Crippen molar-refractivity contribution in [3.05, 3.63) is 126 Å². The summed E-state index contributed by atoms with van der Waals surface area (Å²) in [5, 5.41) is 4.91. The summed E-state index contributed by atoms with van der Waals surface area (Å²) < 4.78 is 0. The van der Waals surface area contributed by atoms with Gasteiger partial charge in [-0.25, -0.2) is 0 Å². The second-order valence-corrected chi connectivity index (χ2v) is 10.1. The molecule has 0 bridgehead atoms. The molecule has 0 N–H and O–H groups in total. The predicted octanol–water partition coefficient (Wildman–Crippen LogP) is 9.62. The van der Waals surface area contributed by atoms with Crippen LogP contribution in [0, 0.1) is 12.1 Å². The Labute approximate surface area is 209 Å². The molecule has 35 heavy (non-hydrogen) atoms. The van der Waals surface area contributed by atoms with Crippen LogP contribution in [0.4, 0.5) is 0 Å². The molecule has 0 aliphatic heterocycles. The van der Waals surface area contributed by atoms with Gasteiger partial charge in [0.2, 0.25) is 0 Å². The van der Waals surface area contributed by atoms with Crippen molar-refractivity contribution in [2.75, 3.05) is 0 Å². The van der Waals surface area contributed by atoms with Crippen LogP contribution < -0.4 is 0 Å². The van der Waals surface area contributed by atoms with Crippen LogP contribution in [0.5, 0.6) is 0 Å². The number of thiophene rings is 1. The summed E-state index contributed by atoms with van der Waals surface area (Å²) in [7, 11) is 0. The monoisotopic (exact) mass is 462 g/mol. The Kier molecular flexibility index (Phi) is 4.79. The molecule has 164 valence electrons. The van der Waals surface area contributed by atoms with Crippen LogP contribution in [0.25, 0.3) is 59.6 Å². The summed E-state index contributed by atoms with van der Waals surface area (Å²) >= 11 is 1.93. The van der Waals surface area contributed by atoms with Crippen LogP contribution >= 0.6 is 11.3 Å². The first kappa shape index (κ1) is 20.3. The Hall–Kier alpha value is -4.12. The van der Waals surface area contributed by atoms with Gasteiger partial charge in [-0.1, -0.05) is 103 Å². The fourth-order valence-electron chi connectivity index (χ4n) is 5.34. The van der Waals surface area contributed by atoms with Crippen LogP contribution in [0.15, 0.2) is 103 Å². The first-order valence-corrected chi connectivity index (χ1v) is 12.9. The quantitative estimate of drug-likeness (QED) is 0.246. The maximum atomic E-state index is 3.41. The van der Waals surface area contributed by atoms with E-state index in [2.05, 4.69) is 115 Å². The smallest absolute Gasteiger partial charge is 0.0424 e. The summed E-state index contributed by atoms with van der Waals surface area (Å²) in [5.41, 5.74) is 7.97. The normalized spacial score (nSPS) is 12.6. The minimum atomic E-state index is 1.08. The average Bonchev–Trinajstić information content (AvgIpc) is 3.33. The molecule has 1 aliphatic rings. The second-order valence-electron chi connectivity index (χ2n) is 9.08. The molecule has 1 heterocycles. The summed E-state index contributed by atoms with van der Waals surface area (Å²) in [6, 6.07) is 41.5. The lowest BCUT2D eigenvalue weighted by molar-refractivity contribution is 0.997. The van der Waals surface area contributed by atoms with Gasteiger partial charge in [-0.3, -0.25) is 0 Å². The van der Waals surface area contributed by atoms with Crippen molar-refractivity contribution in [3.8, 4) is 32.0 Å². The van der Waals surface area contributed by atoms with E-state index in [9.17, 15) is 0 Å². The topological polar surface area (TPSA) is 0 Å². The molecular formula is C34H22S. The van der Waals surface area contributed by atoms with Gasteiger partial charge in [-0.2, -0.15) is 0 Å². The maximum absolute atomic E-state index is 3.41. The van der Waals surface area contributed by atoms with Gasteiger partial charge in [-0.05, 0) is 69.6 Å². The van der Waals surface area contributed by atoms with Gasteiger partial charge in [0.15, 0.2) is 0 Å². The van der Waals surface area contributed by atoms with Crippen LogP contribution in [-0.2, 0) is 6.42 Å². The van der Waals surface area contributed by atoms with Gasteiger partial charge in [0.1, 0.15) is 0 Å². The molecule has 0 saturated carbocycles. The molecule has 0 atom stereocenters. The Morgan fingerprint density at radius 2 is 1.51 bits per heavy atom. The lowest BCUT2D eigenvalue weighted by Crippen LogP contribution is -1.93. The van der Waals surface area contributed by atoms with Crippen molar-refractivity contribution < 1.29 is 0 Å². The molecule has 7 rings (SSSR count). The summed E-state index contributed by atoms with van der Waals surface area (Å²) in [5.74, 6) is 0. The van der Waals surface area contributed by atoms with E-state index in [4.69, 9.17) is 0 Å². The molecule has 0 radical (unpaired) electrons. The highest BCUT2D eigenvalue weighted by molar-refractivity contribution is 7.19. The minimum Gasteiger partial charge on any atom is -0.134 e. The van der Waals surface area contributed by atoms with Gasteiger partial charge in [0.05, 0.1) is 0 Å². The molecular weight excluding hydrogens is 440 g/mol. The lowest BCUT2D eigenvalue weighted by Gasteiger charge is -2.12. The fraction of sp³-hybridized carbons (Fsp3) is 0.0588. The Bertz CT molecular complexity index is 1730. The molecule has 0 nitrogen and oxygen atoms in total. The van der Waals surface area contributed by atoms with Crippen molar-refractivity contribution in [3.63, 3.8) is 0 Å². The van der Waals surface area contributed by atoms with Crippen molar-refractivity contribution >= 4 is 39.0 Å². The summed E-state index contributed by atoms with van der Waals surface area (Å²) in [6.07, 6.45) is 6.83. The first-order valence-electron chi connectivity index (χ1n) is 12.1. The summed E-state index contributed by atoms with van der Waals surface area (Å²) in [4.78, 5) is 2.75. The standard InChI is InChI=1S/C34H22S/c1-2-10-23(11-3-1)26-14-8-15-27(22-26)33-29-17-6-7-18-30(29)34(35-33)31-19-9-13-25-21-20-24-12-4-5-16-28(24)32(25)31/h1-4,6,8-15,17,19-22H,7,18H2. The minimum absolute atomic E-state index is 1.08. The van der Waals surface area contributed by atoms with Gasteiger partial charge in [0.25, 0.3) is 0 Å². The SMILES string of the molecule is c1ccc2ccc3cccc(-c4sc(-c5cccc(-c6ccccc6)c5)c5c4CCC=C5)c3c2c#1. The van der Waals surface area contributed by atoms with E-state index in [1.165, 1.54) is 59.3 Å². The van der Waals surface area contributed by atoms with E-state index in [0.29, 0.717) is 0 Å².